The molecule has 0 bridgehead atoms. The van der Waals surface area contributed by atoms with Gasteiger partial charge in [0.05, 0.1) is 22.4 Å². The van der Waals surface area contributed by atoms with E-state index in [0.717, 1.165) is 5.69 Å². The zero-order valence-corrected chi connectivity index (χ0v) is 13.8. The second-order valence-electron chi connectivity index (χ2n) is 6.06. The van der Waals surface area contributed by atoms with Gasteiger partial charge in [-0.2, -0.15) is 5.10 Å². The molecule has 0 spiro atoms. The molecule has 2 N–H and O–H groups in total. The summed E-state index contributed by atoms with van der Waals surface area (Å²) in [6.45, 7) is 7.96. The van der Waals surface area contributed by atoms with Crippen LogP contribution in [0.1, 0.15) is 27.7 Å². The lowest BCUT2D eigenvalue weighted by Gasteiger charge is -2.19. The molecule has 0 saturated heterocycles. The predicted molar refractivity (Wildman–Crippen MR) is 88.2 cm³/mol. The fourth-order valence-electron chi connectivity index (χ4n) is 1.76. The second kappa shape index (κ2) is 6.36. The second-order valence-corrected chi connectivity index (χ2v) is 6.50. The quantitative estimate of drug-likeness (QED) is 0.907. The van der Waals surface area contributed by atoms with Gasteiger partial charge in [-0.25, -0.2) is 4.98 Å². The maximum atomic E-state index is 12.1. The summed E-state index contributed by atoms with van der Waals surface area (Å²) in [6.07, 6.45) is 5.07. The van der Waals surface area contributed by atoms with Crippen LogP contribution in [0.3, 0.4) is 0 Å². The van der Waals surface area contributed by atoms with Gasteiger partial charge in [-0.1, -0.05) is 11.6 Å². The molecule has 1 amide bonds. The first-order chi connectivity index (χ1) is 10.3. The zero-order valence-electron chi connectivity index (χ0n) is 13.1. The minimum atomic E-state index is -0.421. The smallest absolute Gasteiger partial charge is 0.247 e. The Labute approximate surface area is 134 Å². The number of aromatic nitrogens is 3. The van der Waals surface area contributed by atoms with Crippen LogP contribution in [0.5, 0.6) is 0 Å². The van der Waals surface area contributed by atoms with E-state index in [-0.39, 0.29) is 11.4 Å². The number of pyridine rings is 1. The molecule has 0 fully saturated rings. The number of halogens is 1. The van der Waals surface area contributed by atoms with Crippen LogP contribution in [0, 0.1) is 0 Å². The molecule has 0 radical (unpaired) electrons. The van der Waals surface area contributed by atoms with Crippen LogP contribution < -0.4 is 10.6 Å². The normalized spacial score (nSPS) is 12.8. The highest BCUT2D eigenvalue weighted by Gasteiger charge is 2.17. The van der Waals surface area contributed by atoms with Crippen molar-refractivity contribution in [1.82, 2.24) is 14.8 Å². The van der Waals surface area contributed by atoms with E-state index in [1.54, 1.807) is 25.3 Å². The molecular formula is C15H20ClN5O. The molecule has 0 aliphatic rings. The van der Waals surface area contributed by atoms with E-state index in [1.165, 1.54) is 6.20 Å². The summed E-state index contributed by atoms with van der Waals surface area (Å²) in [7, 11) is 0. The molecule has 0 aliphatic heterocycles. The number of anilines is 2. The Morgan fingerprint density at radius 1 is 1.32 bits per heavy atom. The molecule has 0 aliphatic carbocycles. The highest BCUT2D eigenvalue weighted by Crippen LogP contribution is 2.16. The summed E-state index contributed by atoms with van der Waals surface area (Å²) in [5.74, 6) is 0.284. The highest BCUT2D eigenvalue weighted by molar-refractivity contribution is 6.30. The van der Waals surface area contributed by atoms with E-state index >= 15 is 0 Å². The van der Waals surface area contributed by atoms with Gasteiger partial charge in [-0.05, 0) is 39.8 Å². The summed E-state index contributed by atoms with van der Waals surface area (Å²) >= 11 is 5.76. The summed E-state index contributed by atoms with van der Waals surface area (Å²) in [5, 5.41) is 10.7. The monoisotopic (exact) mass is 321 g/mol. The predicted octanol–water partition coefficient (Wildman–Crippen LogP) is 3.13. The molecule has 7 heteroatoms. The molecule has 2 rings (SSSR count). The fraction of sp³-hybridized carbons (Fsp3) is 0.400. The average Bonchev–Trinajstić information content (AvgIpc) is 2.90. The standard InChI is InChI=1S/C15H20ClN5O/c1-10(14(22)20-13-6-5-11(16)7-17-13)19-12-8-18-21(9-12)15(2,3)4/h5-10,19H,1-4H3,(H,17,20,22). The van der Waals surface area contributed by atoms with E-state index in [9.17, 15) is 4.79 Å². The fourth-order valence-corrected chi connectivity index (χ4v) is 1.88. The van der Waals surface area contributed by atoms with Crippen LogP contribution in [0.15, 0.2) is 30.7 Å². The van der Waals surface area contributed by atoms with Crippen molar-refractivity contribution in [3.8, 4) is 0 Å². The van der Waals surface area contributed by atoms with Gasteiger partial charge in [0, 0.05) is 12.4 Å². The van der Waals surface area contributed by atoms with Crippen molar-refractivity contribution in [3.63, 3.8) is 0 Å². The molecule has 0 aromatic carbocycles. The molecule has 0 saturated carbocycles. The van der Waals surface area contributed by atoms with Gasteiger partial charge in [0.2, 0.25) is 5.91 Å². The van der Waals surface area contributed by atoms with Gasteiger partial charge in [-0.15, -0.1) is 0 Å². The summed E-state index contributed by atoms with van der Waals surface area (Å²) < 4.78 is 1.85. The van der Waals surface area contributed by atoms with E-state index < -0.39 is 6.04 Å². The van der Waals surface area contributed by atoms with Crippen molar-refractivity contribution >= 4 is 29.0 Å². The lowest BCUT2D eigenvalue weighted by Crippen LogP contribution is -2.32. The summed E-state index contributed by atoms with van der Waals surface area (Å²) in [5.41, 5.74) is 0.695. The van der Waals surface area contributed by atoms with E-state index in [1.807, 2.05) is 10.9 Å². The zero-order chi connectivity index (χ0) is 16.3. The first-order valence-corrected chi connectivity index (χ1v) is 7.37. The summed E-state index contributed by atoms with van der Waals surface area (Å²) in [6, 6.07) is 2.91. The number of nitrogens with one attached hydrogen (secondary N) is 2. The Hall–Kier alpha value is -2.08. The van der Waals surface area contributed by atoms with Crippen molar-refractivity contribution in [2.45, 2.75) is 39.3 Å². The van der Waals surface area contributed by atoms with Gasteiger partial charge in [0.15, 0.2) is 0 Å². The lowest BCUT2D eigenvalue weighted by molar-refractivity contribution is -0.116. The van der Waals surface area contributed by atoms with E-state index in [2.05, 4.69) is 41.5 Å². The van der Waals surface area contributed by atoms with Crippen LogP contribution in [0.2, 0.25) is 5.02 Å². The lowest BCUT2D eigenvalue weighted by atomic mass is 10.1. The topological polar surface area (TPSA) is 71.8 Å². The minimum absolute atomic E-state index is 0.0986. The van der Waals surface area contributed by atoms with Crippen LogP contribution in [0.25, 0.3) is 0 Å². The Balaban J connectivity index is 1.96. The number of carbonyl (C=O) groups excluding carboxylic acids is 1. The van der Waals surface area contributed by atoms with Crippen molar-refractivity contribution < 1.29 is 4.79 Å². The number of nitrogens with zero attached hydrogens (tertiary/aromatic N) is 3. The van der Waals surface area contributed by atoms with Crippen molar-refractivity contribution in [3.05, 3.63) is 35.7 Å². The Bertz CT molecular complexity index is 645. The van der Waals surface area contributed by atoms with Gasteiger partial charge in [0.25, 0.3) is 0 Å². The maximum absolute atomic E-state index is 12.1. The molecule has 2 heterocycles. The number of hydrogen-bond donors (Lipinski definition) is 2. The largest absolute Gasteiger partial charge is 0.371 e. The number of carbonyl (C=O) groups is 1. The van der Waals surface area contributed by atoms with Crippen LogP contribution in [-0.2, 0) is 10.3 Å². The Morgan fingerprint density at radius 2 is 2.05 bits per heavy atom. The minimum Gasteiger partial charge on any atom is -0.371 e. The molecule has 1 atom stereocenters. The van der Waals surface area contributed by atoms with Gasteiger partial charge >= 0.3 is 0 Å². The molecule has 118 valence electrons. The third-order valence-corrected chi connectivity index (χ3v) is 3.25. The van der Waals surface area contributed by atoms with Crippen molar-refractivity contribution in [2.24, 2.45) is 0 Å². The molecule has 2 aromatic rings. The Kier molecular flexibility index (Phi) is 4.71. The SMILES string of the molecule is CC(Nc1cnn(C(C)(C)C)c1)C(=O)Nc1ccc(Cl)cn1. The van der Waals surface area contributed by atoms with Gasteiger partial charge in [0.1, 0.15) is 11.9 Å². The van der Waals surface area contributed by atoms with E-state index in [4.69, 9.17) is 11.6 Å². The van der Waals surface area contributed by atoms with Crippen LogP contribution in [0.4, 0.5) is 11.5 Å². The van der Waals surface area contributed by atoms with Crippen molar-refractivity contribution in [2.75, 3.05) is 10.6 Å². The summed E-state index contributed by atoms with van der Waals surface area (Å²) in [4.78, 5) is 16.2. The highest BCUT2D eigenvalue weighted by atomic mass is 35.5. The Morgan fingerprint density at radius 3 is 2.59 bits per heavy atom. The maximum Gasteiger partial charge on any atom is 0.247 e. The van der Waals surface area contributed by atoms with E-state index in [0.29, 0.717) is 10.8 Å². The number of hydrogen-bond acceptors (Lipinski definition) is 4. The van der Waals surface area contributed by atoms with Crippen LogP contribution >= 0.6 is 11.6 Å². The molecule has 1 unspecified atom stereocenters. The third-order valence-electron chi connectivity index (χ3n) is 3.03. The third kappa shape index (κ3) is 4.21. The molecule has 22 heavy (non-hydrogen) atoms. The first-order valence-electron chi connectivity index (χ1n) is 7.00. The van der Waals surface area contributed by atoms with Gasteiger partial charge in [-0.3, -0.25) is 9.48 Å². The number of amides is 1. The first kappa shape index (κ1) is 16.3. The molecule has 6 nitrogen and oxygen atoms in total. The van der Waals surface area contributed by atoms with Crippen LogP contribution in [-0.4, -0.2) is 26.7 Å². The molecular weight excluding hydrogens is 302 g/mol. The average molecular weight is 322 g/mol. The van der Waals surface area contributed by atoms with Gasteiger partial charge < -0.3 is 10.6 Å². The molecule has 2 aromatic heterocycles. The number of rotatable bonds is 4. The van der Waals surface area contributed by atoms with Crippen molar-refractivity contribution in [1.29, 1.82) is 0 Å².